The van der Waals surface area contributed by atoms with Gasteiger partial charge in [0.1, 0.15) is 0 Å². The third kappa shape index (κ3) is 3.28. The van der Waals surface area contributed by atoms with Crippen molar-refractivity contribution in [3.63, 3.8) is 0 Å². The van der Waals surface area contributed by atoms with Gasteiger partial charge in [0, 0.05) is 24.7 Å². The average molecular weight is 242 g/mol. The van der Waals surface area contributed by atoms with Crippen molar-refractivity contribution in [1.29, 1.82) is 0 Å². The second kappa shape index (κ2) is 4.93. The largest absolute Gasteiger partial charge is 0.337 e. The van der Waals surface area contributed by atoms with Crippen LogP contribution in [0.5, 0.6) is 0 Å². The maximum absolute atomic E-state index is 11.9. The number of ketones is 1. The molecular formula is C11H20N3OS+. The maximum Gasteiger partial charge on any atom is 0.190 e. The van der Waals surface area contributed by atoms with Gasteiger partial charge in [-0.1, -0.05) is 6.92 Å². The summed E-state index contributed by atoms with van der Waals surface area (Å²) in [4.78, 5) is 17.9. The molecule has 0 bridgehead atoms. The summed E-state index contributed by atoms with van der Waals surface area (Å²) in [5.74, 6) is 0.285. The first kappa shape index (κ1) is 13.1. The monoisotopic (exact) mass is 242 g/mol. The van der Waals surface area contributed by atoms with Crippen LogP contribution in [0.2, 0.25) is 0 Å². The smallest absolute Gasteiger partial charge is 0.190 e. The number of rotatable bonds is 5. The molecule has 0 saturated heterocycles. The SMILES string of the molecule is CCC(=O)C(Cc1c[nH]c(=S)[nH]1)[N+](C)(C)C. The Morgan fingerprint density at radius 2 is 2.12 bits per heavy atom. The van der Waals surface area contributed by atoms with Crippen molar-refractivity contribution in [3.8, 4) is 0 Å². The third-order valence-corrected chi connectivity index (χ3v) is 2.94. The molecule has 0 fully saturated rings. The molecule has 5 heteroatoms. The molecule has 0 amide bonds. The summed E-state index contributed by atoms with van der Waals surface area (Å²) in [7, 11) is 6.12. The summed E-state index contributed by atoms with van der Waals surface area (Å²) >= 11 is 4.97. The van der Waals surface area contributed by atoms with Gasteiger partial charge < -0.3 is 14.5 Å². The van der Waals surface area contributed by atoms with Crippen molar-refractivity contribution in [2.75, 3.05) is 21.1 Å². The maximum atomic E-state index is 11.9. The Bertz CT molecular complexity index is 413. The highest BCUT2D eigenvalue weighted by Crippen LogP contribution is 2.12. The lowest BCUT2D eigenvalue weighted by Gasteiger charge is -2.32. The van der Waals surface area contributed by atoms with E-state index in [1.807, 2.05) is 34.3 Å². The topological polar surface area (TPSA) is 48.6 Å². The first-order valence-corrected chi connectivity index (χ1v) is 5.85. The number of likely N-dealkylation sites (N-methyl/N-ethyl adjacent to an activating group) is 1. The fourth-order valence-electron chi connectivity index (χ4n) is 1.74. The van der Waals surface area contributed by atoms with Crippen LogP contribution < -0.4 is 0 Å². The number of nitrogens with zero attached hydrogens (tertiary/aromatic N) is 1. The molecule has 90 valence electrons. The molecule has 1 heterocycles. The number of aromatic amines is 2. The van der Waals surface area contributed by atoms with E-state index in [-0.39, 0.29) is 11.8 Å². The third-order valence-electron chi connectivity index (χ3n) is 2.72. The van der Waals surface area contributed by atoms with Crippen molar-refractivity contribution in [2.24, 2.45) is 0 Å². The van der Waals surface area contributed by atoms with E-state index in [0.29, 0.717) is 22.1 Å². The van der Waals surface area contributed by atoms with E-state index in [4.69, 9.17) is 12.2 Å². The fraction of sp³-hybridized carbons (Fsp3) is 0.636. The van der Waals surface area contributed by atoms with Crippen molar-refractivity contribution >= 4 is 18.0 Å². The van der Waals surface area contributed by atoms with E-state index in [0.717, 1.165) is 5.69 Å². The van der Waals surface area contributed by atoms with E-state index < -0.39 is 0 Å². The van der Waals surface area contributed by atoms with Crippen LogP contribution in [0.25, 0.3) is 0 Å². The van der Waals surface area contributed by atoms with Crippen molar-refractivity contribution < 1.29 is 9.28 Å². The summed E-state index contributed by atoms with van der Waals surface area (Å²) < 4.78 is 1.25. The lowest BCUT2D eigenvalue weighted by atomic mass is 10.0. The predicted molar refractivity (Wildman–Crippen MR) is 66.8 cm³/mol. The molecule has 1 unspecified atom stereocenters. The summed E-state index contributed by atoms with van der Waals surface area (Å²) in [6.07, 6.45) is 3.11. The zero-order valence-electron chi connectivity index (χ0n) is 10.3. The average Bonchev–Trinajstić information content (AvgIpc) is 2.57. The molecule has 0 aromatic carbocycles. The minimum absolute atomic E-state index is 0.0218. The summed E-state index contributed by atoms with van der Waals surface area (Å²) in [5.41, 5.74) is 0.991. The minimum Gasteiger partial charge on any atom is -0.337 e. The number of aromatic nitrogens is 2. The van der Waals surface area contributed by atoms with E-state index in [1.165, 1.54) is 0 Å². The summed E-state index contributed by atoms with van der Waals surface area (Å²) in [6, 6.07) is -0.0218. The number of carbonyl (C=O) groups excluding carboxylic acids is 1. The van der Waals surface area contributed by atoms with Crippen LogP contribution in [-0.2, 0) is 11.2 Å². The Balaban J connectivity index is 2.87. The molecule has 0 saturated carbocycles. The van der Waals surface area contributed by atoms with Gasteiger partial charge in [-0.3, -0.25) is 4.79 Å². The van der Waals surface area contributed by atoms with Gasteiger partial charge in [-0.2, -0.15) is 0 Å². The molecule has 1 atom stereocenters. The second-order valence-electron chi connectivity index (χ2n) is 4.92. The molecule has 1 aromatic rings. The number of Topliss-reactive ketones (excluding diaryl/α,β-unsaturated/α-hetero) is 1. The Kier molecular flexibility index (Phi) is 4.04. The Morgan fingerprint density at radius 3 is 2.50 bits per heavy atom. The number of H-pyrrole nitrogens is 2. The second-order valence-corrected chi connectivity index (χ2v) is 5.33. The number of nitrogens with one attached hydrogen (secondary N) is 2. The van der Waals surface area contributed by atoms with Crippen LogP contribution >= 0.6 is 12.2 Å². The normalized spacial score (nSPS) is 13.8. The molecule has 1 rings (SSSR count). The minimum atomic E-state index is -0.0218. The number of hydrogen-bond acceptors (Lipinski definition) is 2. The molecule has 1 aromatic heterocycles. The first-order chi connectivity index (χ1) is 7.34. The lowest BCUT2D eigenvalue weighted by molar-refractivity contribution is -0.886. The molecule has 0 radical (unpaired) electrons. The zero-order chi connectivity index (χ0) is 12.3. The van der Waals surface area contributed by atoms with Gasteiger partial charge in [0.15, 0.2) is 16.6 Å². The van der Waals surface area contributed by atoms with Crippen molar-refractivity contribution in [2.45, 2.75) is 25.8 Å². The first-order valence-electron chi connectivity index (χ1n) is 5.45. The van der Waals surface area contributed by atoms with Gasteiger partial charge in [-0.25, -0.2) is 0 Å². The number of quaternary nitrogens is 1. The number of hydrogen-bond donors (Lipinski definition) is 2. The van der Waals surface area contributed by atoms with Gasteiger partial charge in [0.2, 0.25) is 0 Å². The molecule has 16 heavy (non-hydrogen) atoms. The zero-order valence-corrected chi connectivity index (χ0v) is 11.1. The van der Waals surface area contributed by atoms with Gasteiger partial charge in [0.25, 0.3) is 0 Å². The highest BCUT2D eigenvalue weighted by Gasteiger charge is 2.30. The molecular weight excluding hydrogens is 222 g/mol. The molecule has 0 aliphatic rings. The van der Waals surface area contributed by atoms with Gasteiger partial charge in [-0.15, -0.1) is 0 Å². The molecule has 0 spiro atoms. The highest BCUT2D eigenvalue weighted by atomic mass is 32.1. The summed E-state index contributed by atoms with van der Waals surface area (Å²) in [5, 5.41) is 0. The van der Waals surface area contributed by atoms with E-state index in [1.54, 1.807) is 0 Å². The van der Waals surface area contributed by atoms with Gasteiger partial charge >= 0.3 is 0 Å². The van der Waals surface area contributed by atoms with E-state index in [9.17, 15) is 4.79 Å². The van der Waals surface area contributed by atoms with Crippen LogP contribution in [0.15, 0.2) is 6.20 Å². The van der Waals surface area contributed by atoms with Crippen LogP contribution in [-0.4, -0.2) is 47.4 Å². The number of imidazole rings is 1. The van der Waals surface area contributed by atoms with E-state index >= 15 is 0 Å². The van der Waals surface area contributed by atoms with Crippen molar-refractivity contribution in [3.05, 3.63) is 16.7 Å². The molecule has 2 N–H and O–H groups in total. The number of carbonyl (C=O) groups is 1. The quantitative estimate of drug-likeness (QED) is 0.609. The fourth-order valence-corrected chi connectivity index (χ4v) is 1.93. The molecule has 0 aliphatic heterocycles. The summed E-state index contributed by atoms with van der Waals surface area (Å²) in [6.45, 7) is 1.91. The van der Waals surface area contributed by atoms with Crippen molar-refractivity contribution in [1.82, 2.24) is 9.97 Å². The Labute approximate surface area is 101 Å². The van der Waals surface area contributed by atoms with Crippen LogP contribution in [0.1, 0.15) is 19.0 Å². The van der Waals surface area contributed by atoms with Gasteiger partial charge in [-0.05, 0) is 12.2 Å². The standard InChI is InChI=1S/C11H19N3OS/c1-5-10(15)9(14(2,3)4)6-8-7-12-11(16)13-8/h7,9H,5-6H2,1-4H3,(H-,12,13,16)/p+1. The molecule has 0 aliphatic carbocycles. The van der Waals surface area contributed by atoms with E-state index in [2.05, 4.69) is 9.97 Å². The lowest BCUT2D eigenvalue weighted by Crippen LogP contribution is -2.51. The highest BCUT2D eigenvalue weighted by molar-refractivity contribution is 7.71. The van der Waals surface area contributed by atoms with Crippen LogP contribution in [0.4, 0.5) is 0 Å². The molecule has 4 nitrogen and oxygen atoms in total. The van der Waals surface area contributed by atoms with Gasteiger partial charge in [0.05, 0.1) is 21.1 Å². The Morgan fingerprint density at radius 1 is 1.50 bits per heavy atom. The Hall–Kier alpha value is -0.940. The van der Waals surface area contributed by atoms with Crippen LogP contribution in [0, 0.1) is 4.77 Å². The predicted octanol–water partition coefficient (Wildman–Crippen LogP) is 1.67. The van der Waals surface area contributed by atoms with Crippen LogP contribution in [0.3, 0.4) is 0 Å².